The molecule has 100 valence electrons. The Bertz CT molecular complexity index is 415. The van der Waals surface area contributed by atoms with Crippen molar-refractivity contribution in [3.8, 4) is 5.75 Å². The highest BCUT2D eigenvalue weighted by Gasteiger charge is 2.12. The second kappa shape index (κ2) is 6.43. The monoisotopic (exact) mass is 249 g/mol. The third-order valence-corrected chi connectivity index (χ3v) is 3.29. The Balaban J connectivity index is 2.62. The number of carbonyl (C=O) groups excluding carboxylic acids is 1. The van der Waals surface area contributed by atoms with Crippen LogP contribution in [0.3, 0.4) is 0 Å². The second-order valence-electron chi connectivity index (χ2n) is 5.12. The molecule has 0 fully saturated rings. The van der Waals surface area contributed by atoms with Crippen LogP contribution in [0, 0.1) is 12.8 Å². The van der Waals surface area contributed by atoms with E-state index in [1.807, 2.05) is 6.92 Å². The van der Waals surface area contributed by atoms with E-state index >= 15 is 0 Å². The molecule has 2 atom stereocenters. The van der Waals surface area contributed by atoms with Gasteiger partial charge in [-0.1, -0.05) is 20.3 Å². The van der Waals surface area contributed by atoms with Crippen molar-refractivity contribution in [2.24, 2.45) is 5.92 Å². The van der Waals surface area contributed by atoms with Gasteiger partial charge in [-0.25, -0.2) is 0 Å². The molecule has 1 amide bonds. The Morgan fingerprint density at radius 2 is 2.06 bits per heavy atom. The molecule has 1 aromatic carbocycles. The molecule has 3 heteroatoms. The maximum Gasteiger partial charge on any atom is 0.251 e. The van der Waals surface area contributed by atoms with Gasteiger partial charge < -0.3 is 10.4 Å². The van der Waals surface area contributed by atoms with E-state index in [1.54, 1.807) is 25.1 Å². The molecule has 0 spiro atoms. The summed E-state index contributed by atoms with van der Waals surface area (Å²) >= 11 is 0. The fourth-order valence-corrected chi connectivity index (χ4v) is 1.93. The highest BCUT2D eigenvalue weighted by molar-refractivity contribution is 5.94. The number of aryl methyl sites for hydroxylation is 1. The molecule has 0 bridgehead atoms. The Labute approximate surface area is 109 Å². The summed E-state index contributed by atoms with van der Waals surface area (Å²) in [5, 5.41) is 12.4. The van der Waals surface area contributed by atoms with Crippen LogP contribution in [0.2, 0.25) is 0 Å². The van der Waals surface area contributed by atoms with Crippen LogP contribution >= 0.6 is 0 Å². The lowest BCUT2D eigenvalue weighted by Gasteiger charge is -2.17. The van der Waals surface area contributed by atoms with Crippen LogP contribution < -0.4 is 5.32 Å². The van der Waals surface area contributed by atoms with Crippen molar-refractivity contribution in [2.45, 2.75) is 46.6 Å². The van der Waals surface area contributed by atoms with Gasteiger partial charge in [0.2, 0.25) is 0 Å². The van der Waals surface area contributed by atoms with Gasteiger partial charge in [-0.15, -0.1) is 0 Å². The summed E-state index contributed by atoms with van der Waals surface area (Å²) in [4.78, 5) is 12.0. The molecule has 2 N–H and O–H groups in total. The fourth-order valence-electron chi connectivity index (χ4n) is 1.93. The maximum atomic E-state index is 12.0. The Kier molecular flexibility index (Phi) is 5.20. The summed E-state index contributed by atoms with van der Waals surface area (Å²) in [7, 11) is 0. The SMILES string of the molecule is CCC(C)CC(C)NC(=O)c1ccc(O)c(C)c1. The van der Waals surface area contributed by atoms with Crippen molar-refractivity contribution in [1.29, 1.82) is 0 Å². The predicted molar refractivity (Wildman–Crippen MR) is 73.8 cm³/mol. The molecule has 18 heavy (non-hydrogen) atoms. The average Bonchev–Trinajstić information content (AvgIpc) is 2.32. The predicted octanol–water partition coefficient (Wildman–Crippen LogP) is 3.26. The fraction of sp³-hybridized carbons (Fsp3) is 0.533. The van der Waals surface area contributed by atoms with Crippen LogP contribution in [-0.2, 0) is 0 Å². The number of nitrogens with one attached hydrogen (secondary N) is 1. The van der Waals surface area contributed by atoms with Crippen molar-refractivity contribution in [2.75, 3.05) is 0 Å². The third kappa shape index (κ3) is 4.06. The Hall–Kier alpha value is -1.51. The van der Waals surface area contributed by atoms with E-state index in [9.17, 15) is 9.90 Å². The average molecular weight is 249 g/mol. The number of hydrogen-bond donors (Lipinski definition) is 2. The summed E-state index contributed by atoms with van der Waals surface area (Å²) in [5.41, 5.74) is 1.32. The van der Waals surface area contributed by atoms with Crippen molar-refractivity contribution in [1.82, 2.24) is 5.32 Å². The molecule has 2 unspecified atom stereocenters. The number of phenols is 1. The van der Waals surface area contributed by atoms with E-state index in [0.717, 1.165) is 18.4 Å². The first kappa shape index (κ1) is 14.6. The Morgan fingerprint density at radius 1 is 1.39 bits per heavy atom. The van der Waals surface area contributed by atoms with Gasteiger partial charge in [0, 0.05) is 11.6 Å². The van der Waals surface area contributed by atoms with Crippen LogP contribution in [-0.4, -0.2) is 17.1 Å². The summed E-state index contributed by atoms with van der Waals surface area (Å²) in [6.45, 7) is 8.15. The number of benzene rings is 1. The van der Waals surface area contributed by atoms with E-state index in [4.69, 9.17) is 0 Å². The summed E-state index contributed by atoms with van der Waals surface area (Å²) in [6.07, 6.45) is 2.11. The minimum Gasteiger partial charge on any atom is -0.508 e. The van der Waals surface area contributed by atoms with Gasteiger partial charge in [-0.05, 0) is 49.9 Å². The van der Waals surface area contributed by atoms with Crippen molar-refractivity contribution in [3.05, 3.63) is 29.3 Å². The summed E-state index contributed by atoms with van der Waals surface area (Å²) in [5.74, 6) is 0.759. The highest BCUT2D eigenvalue weighted by Crippen LogP contribution is 2.17. The van der Waals surface area contributed by atoms with Gasteiger partial charge >= 0.3 is 0 Å². The van der Waals surface area contributed by atoms with Crippen LogP contribution in [0.25, 0.3) is 0 Å². The van der Waals surface area contributed by atoms with E-state index in [0.29, 0.717) is 11.5 Å². The Morgan fingerprint density at radius 3 is 2.61 bits per heavy atom. The smallest absolute Gasteiger partial charge is 0.251 e. The highest BCUT2D eigenvalue weighted by atomic mass is 16.3. The van der Waals surface area contributed by atoms with E-state index in [-0.39, 0.29) is 17.7 Å². The van der Waals surface area contributed by atoms with E-state index < -0.39 is 0 Å². The number of carbonyl (C=O) groups is 1. The first-order chi connectivity index (χ1) is 8.43. The molecular weight excluding hydrogens is 226 g/mol. The van der Waals surface area contributed by atoms with Crippen LogP contribution in [0.15, 0.2) is 18.2 Å². The maximum absolute atomic E-state index is 12.0. The number of aromatic hydroxyl groups is 1. The lowest BCUT2D eigenvalue weighted by atomic mass is 10.00. The summed E-state index contributed by atoms with van der Waals surface area (Å²) in [6, 6.07) is 5.08. The van der Waals surface area contributed by atoms with Gasteiger partial charge in [0.15, 0.2) is 0 Å². The molecule has 0 aliphatic heterocycles. The normalized spacial score (nSPS) is 14.0. The number of rotatable bonds is 5. The lowest BCUT2D eigenvalue weighted by molar-refractivity contribution is 0.0935. The van der Waals surface area contributed by atoms with E-state index in [1.165, 1.54) is 0 Å². The molecule has 0 aliphatic rings. The summed E-state index contributed by atoms with van der Waals surface area (Å²) < 4.78 is 0. The molecule has 1 rings (SSSR count). The van der Waals surface area contributed by atoms with Crippen LogP contribution in [0.5, 0.6) is 5.75 Å². The number of phenolic OH excluding ortho intramolecular Hbond substituents is 1. The van der Waals surface area contributed by atoms with Gasteiger partial charge in [-0.3, -0.25) is 4.79 Å². The third-order valence-electron chi connectivity index (χ3n) is 3.29. The first-order valence-corrected chi connectivity index (χ1v) is 6.54. The topological polar surface area (TPSA) is 49.3 Å². The van der Waals surface area contributed by atoms with Gasteiger partial charge in [0.25, 0.3) is 5.91 Å². The molecule has 0 aromatic heterocycles. The van der Waals surface area contributed by atoms with Crippen molar-refractivity contribution in [3.63, 3.8) is 0 Å². The molecule has 0 heterocycles. The number of amides is 1. The molecule has 0 saturated heterocycles. The molecule has 0 aliphatic carbocycles. The second-order valence-corrected chi connectivity index (χ2v) is 5.12. The van der Waals surface area contributed by atoms with Crippen molar-refractivity contribution >= 4 is 5.91 Å². The molecule has 1 aromatic rings. The van der Waals surface area contributed by atoms with Gasteiger partial charge in [0.05, 0.1) is 0 Å². The van der Waals surface area contributed by atoms with Crippen LogP contribution in [0.1, 0.15) is 49.5 Å². The minimum absolute atomic E-state index is 0.0751. The molecule has 0 radical (unpaired) electrons. The van der Waals surface area contributed by atoms with Crippen molar-refractivity contribution < 1.29 is 9.90 Å². The minimum atomic E-state index is -0.0751. The van der Waals surface area contributed by atoms with Crippen LogP contribution in [0.4, 0.5) is 0 Å². The number of hydrogen-bond acceptors (Lipinski definition) is 2. The largest absolute Gasteiger partial charge is 0.508 e. The zero-order valence-electron chi connectivity index (χ0n) is 11.7. The standard InChI is InChI=1S/C15H23NO2/c1-5-10(2)8-12(4)16-15(18)13-6-7-14(17)11(3)9-13/h6-7,9-10,12,17H,5,8H2,1-4H3,(H,16,18). The molecular formula is C15H23NO2. The zero-order valence-corrected chi connectivity index (χ0v) is 11.7. The van der Waals surface area contributed by atoms with Gasteiger partial charge in [0.1, 0.15) is 5.75 Å². The van der Waals surface area contributed by atoms with Gasteiger partial charge in [-0.2, -0.15) is 0 Å². The quantitative estimate of drug-likeness (QED) is 0.841. The lowest BCUT2D eigenvalue weighted by Crippen LogP contribution is -2.33. The molecule has 0 saturated carbocycles. The molecule has 3 nitrogen and oxygen atoms in total. The first-order valence-electron chi connectivity index (χ1n) is 6.54. The zero-order chi connectivity index (χ0) is 13.7. The van der Waals surface area contributed by atoms with E-state index in [2.05, 4.69) is 19.2 Å².